The Hall–Kier alpha value is -0.950. The normalized spacial score (nSPS) is 15.7. The van der Waals surface area contributed by atoms with Crippen molar-refractivity contribution in [3.8, 4) is 0 Å². The largest absolute Gasteiger partial charge is 0.443 e. The Morgan fingerprint density at radius 1 is 1.19 bits per heavy atom. The summed E-state index contributed by atoms with van der Waals surface area (Å²) in [6, 6.07) is 0. The molecule has 118 valence electrons. The number of thioether (sulfide) groups is 2. The van der Waals surface area contributed by atoms with E-state index in [1.54, 1.807) is 20.8 Å². The molecule has 0 radical (unpaired) electrons. The maximum Gasteiger partial charge on any atom is 0.417 e. The first-order valence-electron chi connectivity index (χ1n) is 6.79. The van der Waals surface area contributed by atoms with Crippen molar-refractivity contribution >= 4 is 41.3 Å². The zero-order valence-corrected chi connectivity index (χ0v) is 14.7. The van der Waals surface area contributed by atoms with E-state index in [-0.39, 0.29) is 17.9 Å². The van der Waals surface area contributed by atoms with Crippen LogP contribution in [-0.4, -0.2) is 46.3 Å². The number of hydrogen-bond donors (Lipinski definition) is 0. The average molecular weight is 331 g/mol. The van der Waals surface area contributed by atoms with Gasteiger partial charge in [0.05, 0.1) is 10.8 Å². The van der Waals surface area contributed by atoms with Crippen LogP contribution in [0, 0.1) is 0 Å². The molecule has 0 unspecified atom stereocenters. The molecule has 21 heavy (non-hydrogen) atoms. The number of carbonyl (C=O) groups excluding carboxylic acids is 3. The van der Waals surface area contributed by atoms with Gasteiger partial charge in [-0.25, -0.2) is 9.69 Å². The van der Waals surface area contributed by atoms with Gasteiger partial charge in [0.1, 0.15) is 11.2 Å². The minimum atomic E-state index is -0.766. The van der Waals surface area contributed by atoms with E-state index in [0.29, 0.717) is 4.24 Å². The van der Waals surface area contributed by atoms with Crippen molar-refractivity contribution in [2.75, 3.05) is 18.1 Å². The highest BCUT2D eigenvalue weighted by molar-refractivity contribution is 8.22. The third kappa shape index (κ3) is 4.78. The van der Waals surface area contributed by atoms with Crippen LogP contribution < -0.4 is 0 Å². The summed E-state index contributed by atoms with van der Waals surface area (Å²) in [5.74, 6) is 0.659. The number of ether oxygens (including phenoxy) is 1. The molecule has 1 aliphatic rings. The van der Waals surface area contributed by atoms with Gasteiger partial charge < -0.3 is 4.74 Å². The van der Waals surface area contributed by atoms with E-state index in [1.165, 1.54) is 23.5 Å². The number of amides is 2. The van der Waals surface area contributed by atoms with Crippen molar-refractivity contribution in [1.29, 1.82) is 0 Å². The van der Waals surface area contributed by atoms with Gasteiger partial charge in [0, 0.05) is 0 Å². The second kappa shape index (κ2) is 7.35. The molecule has 0 spiro atoms. The van der Waals surface area contributed by atoms with E-state index in [9.17, 15) is 14.4 Å². The highest BCUT2D eigenvalue weighted by atomic mass is 32.2. The summed E-state index contributed by atoms with van der Waals surface area (Å²) in [6.07, 6.45) is -0.766. The standard InChI is InChI=1S/C14H21NO4S2/c1-6-20-12(21-7-2)10-9(16)8-15(11(10)17)13(18)19-14(3,4)5/h6-8H2,1-5H3. The third-order valence-electron chi connectivity index (χ3n) is 2.41. The van der Waals surface area contributed by atoms with E-state index in [4.69, 9.17) is 4.74 Å². The van der Waals surface area contributed by atoms with Gasteiger partial charge in [0.2, 0.25) is 0 Å². The second-order valence-corrected chi connectivity index (χ2v) is 8.13. The average Bonchev–Trinajstić information content (AvgIpc) is 2.63. The van der Waals surface area contributed by atoms with E-state index >= 15 is 0 Å². The fourth-order valence-corrected chi connectivity index (χ4v) is 3.92. The second-order valence-electron chi connectivity index (χ2n) is 5.32. The molecule has 2 amide bonds. The van der Waals surface area contributed by atoms with Gasteiger partial charge in [-0.1, -0.05) is 13.8 Å². The Balaban J connectivity index is 3.02. The van der Waals surface area contributed by atoms with Crippen molar-refractivity contribution in [3.05, 3.63) is 9.81 Å². The monoisotopic (exact) mass is 331 g/mol. The molecule has 0 bridgehead atoms. The molecule has 1 aliphatic heterocycles. The SMILES string of the molecule is CCSC(SCC)=C1C(=O)CN(C(=O)OC(C)(C)C)C1=O. The molecule has 1 saturated heterocycles. The number of carbonyl (C=O) groups is 3. The Bertz CT molecular complexity index is 472. The van der Waals surface area contributed by atoms with Gasteiger partial charge in [0.15, 0.2) is 5.78 Å². The van der Waals surface area contributed by atoms with Crippen LogP contribution in [0.4, 0.5) is 4.79 Å². The van der Waals surface area contributed by atoms with Crippen molar-refractivity contribution in [2.45, 2.75) is 40.2 Å². The van der Waals surface area contributed by atoms with Crippen LogP contribution in [-0.2, 0) is 14.3 Å². The van der Waals surface area contributed by atoms with E-state index in [1.807, 2.05) is 13.8 Å². The van der Waals surface area contributed by atoms with Crippen LogP contribution >= 0.6 is 23.5 Å². The van der Waals surface area contributed by atoms with Crippen LogP contribution in [0.15, 0.2) is 9.81 Å². The number of imide groups is 1. The first-order valence-corrected chi connectivity index (χ1v) is 8.76. The summed E-state index contributed by atoms with van der Waals surface area (Å²) < 4.78 is 5.86. The minimum Gasteiger partial charge on any atom is -0.443 e. The molecule has 0 aromatic carbocycles. The van der Waals surface area contributed by atoms with Crippen molar-refractivity contribution in [2.24, 2.45) is 0 Å². The lowest BCUT2D eigenvalue weighted by molar-refractivity contribution is -0.124. The quantitative estimate of drug-likeness (QED) is 0.583. The lowest BCUT2D eigenvalue weighted by atomic mass is 10.2. The molecule has 5 nitrogen and oxygen atoms in total. The molecule has 0 saturated carbocycles. The molecule has 1 heterocycles. The first kappa shape index (κ1) is 18.1. The summed E-state index contributed by atoms with van der Waals surface area (Å²) in [6.45, 7) is 8.83. The van der Waals surface area contributed by atoms with Gasteiger partial charge in [0.25, 0.3) is 5.91 Å². The Kier molecular flexibility index (Phi) is 6.34. The maximum atomic E-state index is 12.4. The molecular weight excluding hydrogens is 310 g/mol. The molecule has 0 aromatic rings. The Labute approximate surface area is 133 Å². The van der Waals surface area contributed by atoms with Crippen molar-refractivity contribution in [3.63, 3.8) is 0 Å². The Morgan fingerprint density at radius 2 is 1.71 bits per heavy atom. The summed E-state index contributed by atoms with van der Waals surface area (Å²) >= 11 is 2.91. The Morgan fingerprint density at radius 3 is 2.14 bits per heavy atom. The van der Waals surface area contributed by atoms with Gasteiger partial charge in [-0.05, 0) is 32.3 Å². The summed E-state index contributed by atoms with van der Waals surface area (Å²) in [5, 5.41) is 0. The summed E-state index contributed by atoms with van der Waals surface area (Å²) in [5.41, 5.74) is -0.578. The smallest absolute Gasteiger partial charge is 0.417 e. The molecule has 0 aliphatic carbocycles. The summed E-state index contributed by atoms with van der Waals surface area (Å²) in [4.78, 5) is 37.3. The number of nitrogens with zero attached hydrogens (tertiary/aromatic N) is 1. The van der Waals surface area contributed by atoms with E-state index < -0.39 is 17.6 Å². The lowest BCUT2D eigenvalue weighted by Crippen LogP contribution is -2.38. The van der Waals surface area contributed by atoms with Gasteiger partial charge in [-0.2, -0.15) is 0 Å². The number of likely N-dealkylation sites (tertiary alicyclic amines) is 1. The van der Waals surface area contributed by atoms with Crippen LogP contribution in [0.1, 0.15) is 34.6 Å². The summed E-state index contributed by atoms with van der Waals surface area (Å²) in [7, 11) is 0. The van der Waals surface area contributed by atoms with Gasteiger partial charge in [-0.15, -0.1) is 23.5 Å². The minimum absolute atomic E-state index is 0.125. The van der Waals surface area contributed by atoms with Gasteiger partial charge >= 0.3 is 6.09 Å². The number of rotatable bonds is 4. The van der Waals surface area contributed by atoms with Crippen LogP contribution in [0.25, 0.3) is 0 Å². The fourth-order valence-electron chi connectivity index (χ4n) is 1.66. The van der Waals surface area contributed by atoms with E-state index in [0.717, 1.165) is 16.4 Å². The van der Waals surface area contributed by atoms with E-state index in [2.05, 4.69) is 0 Å². The highest BCUT2D eigenvalue weighted by Crippen LogP contribution is 2.34. The number of Topliss-reactive ketones (excluding diaryl/α,β-unsaturated/α-hetero) is 1. The zero-order chi connectivity index (χ0) is 16.2. The maximum absolute atomic E-state index is 12.4. The topological polar surface area (TPSA) is 63.7 Å². The third-order valence-corrected chi connectivity index (χ3v) is 4.63. The van der Waals surface area contributed by atoms with Crippen LogP contribution in [0.5, 0.6) is 0 Å². The molecular formula is C14H21NO4S2. The molecule has 7 heteroatoms. The van der Waals surface area contributed by atoms with Gasteiger partial charge in [-0.3, -0.25) is 9.59 Å². The zero-order valence-electron chi connectivity index (χ0n) is 13.0. The number of hydrogen-bond acceptors (Lipinski definition) is 6. The molecule has 0 atom stereocenters. The molecule has 1 rings (SSSR count). The fraction of sp³-hybridized carbons (Fsp3) is 0.643. The lowest BCUT2D eigenvalue weighted by Gasteiger charge is -2.22. The first-order chi connectivity index (χ1) is 9.71. The highest BCUT2D eigenvalue weighted by Gasteiger charge is 2.41. The van der Waals surface area contributed by atoms with Crippen molar-refractivity contribution in [1.82, 2.24) is 4.90 Å². The van der Waals surface area contributed by atoms with Crippen LogP contribution in [0.2, 0.25) is 0 Å². The number of ketones is 1. The predicted octanol–water partition coefficient (Wildman–Crippen LogP) is 3.05. The molecule has 1 fully saturated rings. The molecule has 0 aromatic heterocycles. The predicted molar refractivity (Wildman–Crippen MR) is 86.2 cm³/mol. The molecule has 0 N–H and O–H groups in total. The van der Waals surface area contributed by atoms with Crippen LogP contribution in [0.3, 0.4) is 0 Å². The van der Waals surface area contributed by atoms with Crippen molar-refractivity contribution < 1.29 is 19.1 Å².